The third-order valence-electron chi connectivity index (χ3n) is 24.7. The summed E-state index contributed by atoms with van der Waals surface area (Å²) in [4.78, 5) is 209. The van der Waals surface area contributed by atoms with Crippen molar-refractivity contribution in [2.75, 3.05) is 51.1 Å². The highest BCUT2D eigenvalue weighted by Gasteiger charge is 2.57. The minimum absolute atomic E-state index is 0.000209. The van der Waals surface area contributed by atoms with Gasteiger partial charge >= 0.3 is 19.9 Å². The Morgan fingerprint density at radius 3 is 1.76 bits per heavy atom. The highest BCUT2D eigenvalue weighted by Crippen LogP contribution is 2.63. The van der Waals surface area contributed by atoms with Crippen molar-refractivity contribution in [3.63, 3.8) is 0 Å². The molecule has 1 aliphatic heterocycles. The molecular formula is C93H124Cl3N18O20P. The van der Waals surface area contributed by atoms with E-state index in [2.05, 4.69) is 76.1 Å². The van der Waals surface area contributed by atoms with E-state index in [1.807, 2.05) is 54.6 Å². The molecule has 10 rings (SSSR count). The van der Waals surface area contributed by atoms with Crippen LogP contribution in [0.25, 0.3) is 10.8 Å². The largest absolute Gasteiger partial charge is 0.508 e. The maximum atomic E-state index is 14.9. The number of amides is 14. The van der Waals surface area contributed by atoms with Crippen LogP contribution in [0.15, 0.2) is 139 Å². The lowest BCUT2D eigenvalue weighted by Crippen LogP contribution is -2.61. The number of carbonyl (C=O) groups is 13. The Balaban J connectivity index is 0.000000514. The molecular weight excluding hydrogens is 1830 g/mol. The van der Waals surface area contributed by atoms with Gasteiger partial charge < -0.3 is 111 Å². The van der Waals surface area contributed by atoms with Crippen molar-refractivity contribution < 1.29 is 96.2 Å². The lowest BCUT2D eigenvalue weighted by Gasteiger charge is -2.50. The van der Waals surface area contributed by atoms with E-state index >= 15 is 0 Å². The van der Waals surface area contributed by atoms with Gasteiger partial charge in [0.15, 0.2) is 5.96 Å². The van der Waals surface area contributed by atoms with E-state index in [0.717, 1.165) is 42.9 Å². The first-order valence-corrected chi connectivity index (χ1v) is 48.0. The number of aliphatic hydroxyl groups is 1. The minimum Gasteiger partial charge on any atom is -0.508 e. The number of nitrogens with two attached hydrogens (primary N) is 4. The van der Waals surface area contributed by atoms with E-state index < -0.39 is 158 Å². The van der Waals surface area contributed by atoms with Gasteiger partial charge in [-0.05, 0) is 206 Å². The number of nitrogens with zero attached hydrogens (tertiary/aromatic N) is 4. The predicted octanol–water partition coefficient (Wildman–Crippen LogP) is 4.58. The first kappa shape index (κ1) is 107. The lowest BCUT2D eigenvalue weighted by molar-refractivity contribution is -0.142. The molecule has 0 bridgehead atoms. The number of phenolic OH excluding ortho intramolecular Hbond substituents is 1. The zero-order chi connectivity index (χ0) is 98.4. The van der Waals surface area contributed by atoms with Crippen LogP contribution < -0.4 is 80.8 Å². The standard InChI is InChI=1S/C70H92ClN17O14.C23H32Cl2NO6P/c1-39(2)31-52(61(94)82-51(15-9-28-77-69(73)74)68(101)88-30-10-16-58(88)67(100)79-40(3)59(72)92)83-60(93)50(14-8-29-78-70(75)102)81-63(96)54(34-43-20-25-49(91)26-21-43)86-66(99)57(38-89)87-65(98)56(36-45-11-7-27-76-37-45)85-64(97)55(33-42-18-23-48(71)24-19-42)84-62(95)53(80-41(4)90)35-44-17-22-46-12-5-6-13-47(46)32-44;1-23-9-8-18-17-5-3-16(31-22(27)26(12-10-24)13-11-25)14-15(17)2-4-19(18)20(23)6-7-21(23)32-33(28,29)30/h5-7,11-13,17-27,32,37,39-40,50-58,89,91H,8-10,14-16,28-31,33-36,38H2,1-4H3,(H2,72,92)(H,79,100)(H,80,90)(H,81,96)(H,82,94)(H,83,93)(H,84,95)(H,85,97)(H,86,99)(H,87,98)(H4,73,74,77)(H3,75,78,102);3,5,14,18-21H,2,4,6-13H2,1H3,(H2,28,29,30)/t40-,50-,51+,52+,53-,54+,55-,56-,57+,58+;18-,19-,20+,21+,23+/m11/s1. The van der Waals surface area contributed by atoms with Crippen LogP contribution in [0.1, 0.15) is 151 Å². The quantitative estimate of drug-likeness (QED) is 0.00817. The number of phenols is 1. The Hall–Kier alpha value is -11.8. The van der Waals surface area contributed by atoms with Crippen LogP contribution in [0.5, 0.6) is 11.5 Å². The molecule has 0 unspecified atom stereocenters. The fourth-order valence-electron chi connectivity index (χ4n) is 18.0. The smallest absolute Gasteiger partial charge is 0.469 e. The second kappa shape index (κ2) is 51.2. The van der Waals surface area contributed by atoms with Crippen molar-refractivity contribution in [2.45, 2.75) is 216 Å². The Morgan fingerprint density at radius 2 is 1.17 bits per heavy atom. The van der Waals surface area contributed by atoms with E-state index in [9.17, 15) is 86.9 Å². The number of hydrogen-bond donors (Lipinski definition) is 18. The van der Waals surface area contributed by atoms with Crippen LogP contribution in [0.4, 0.5) is 9.59 Å². The van der Waals surface area contributed by atoms with Gasteiger partial charge in [0.05, 0.1) is 12.7 Å². The predicted molar refractivity (Wildman–Crippen MR) is 505 cm³/mol. The van der Waals surface area contributed by atoms with Crippen molar-refractivity contribution in [3.05, 3.63) is 172 Å². The number of benzene rings is 5. The summed E-state index contributed by atoms with van der Waals surface area (Å²) in [5.41, 5.74) is 26.2. The summed E-state index contributed by atoms with van der Waals surface area (Å²) in [5.74, 6) is -7.39. The number of aromatic hydroxyl groups is 1. The number of aliphatic hydroxyl groups excluding tert-OH is 1. The number of nitrogens with one attached hydrogen (secondary N) is 10. The average molecular weight is 1950 g/mol. The molecule has 22 N–H and O–H groups in total. The van der Waals surface area contributed by atoms with Crippen molar-refractivity contribution in [1.29, 1.82) is 0 Å². The maximum absolute atomic E-state index is 14.9. The number of hydrogen-bond acceptors (Lipinski definition) is 20. The maximum Gasteiger partial charge on any atom is 0.469 e. The number of fused-ring (bicyclic) bond motifs is 6. The molecule has 38 nitrogen and oxygen atoms in total. The SMILES string of the molecule is CC(=O)N[C@H](Cc1ccc2ccccc2c1)C(=O)N[C@H](Cc1ccc(Cl)cc1)C(=O)N[C@H](Cc1cccnc1)C(=O)N[C@@H](CO)C(=O)N[C@@H](Cc1ccc(O)cc1)C(=O)N[C@H](CCCNC(N)=O)C(=O)N[C@@H](CC(C)C)C(=O)N[C@@H](CCCN=C(N)N)C(=O)N1CCC[C@H]1C(=O)N[C@H](C)C(N)=O.C[C@]12CC[C@@H]3c4ccc(OC(=O)N(CCCl)CCCl)cc4CC[C@H]3[C@@H]1CC[C@@H]2OP(=O)(O)O. The van der Waals surface area contributed by atoms with E-state index in [1.54, 1.807) is 50.2 Å². The number of rotatable bonds is 45. The van der Waals surface area contributed by atoms with Crippen LogP contribution in [-0.2, 0) is 93.9 Å². The molecule has 1 aromatic heterocycles. The number of pyridine rings is 1. The summed E-state index contributed by atoms with van der Waals surface area (Å²) >= 11 is 17.8. The van der Waals surface area contributed by atoms with Gasteiger partial charge in [-0.15, -0.1) is 23.2 Å². The molecule has 15 atom stereocenters. The molecule has 3 aliphatic carbocycles. The van der Waals surface area contributed by atoms with Gasteiger partial charge in [-0.1, -0.05) is 111 Å². The Morgan fingerprint density at radius 1 is 0.615 bits per heavy atom. The topological polar surface area (TPSA) is 594 Å². The molecule has 0 spiro atoms. The molecule has 732 valence electrons. The molecule has 2 saturated carbocycles. The lowest BCUT2D eigenvalue weighted by atomic mass is 9.55. The number of aryl methyl sites for hydroxylation is 1. The molecule has 42 heteroatoms. The van der Waals surface area contributed by atoms with Gasteiger partial charge in [-0.2, -0.15) is 0 Å². The second-order valence-electron chi connectivity index (χ2n) is 35.1. The van der Waals surface area contributed by atoms with Crippen molar-refractivity contribution in [2.24, 2.45) is 51.1 Å². The van der Waals surface area contributed by atoms with Gasteiger partial charge in [-0.3, -0.25) is 67.2 Å². The third-order valence-corrected chi connectivity index (χ3v) is 25.8. The number of alkyl halides is 2. The Labute approximate surface area is 798 Å². The molecule has 2 heterocycles. The number of aromatic nitrogens is 1. The highest BCUT2D eigenvalue weighted by atomic mass is 35.5. The third kappa shape index (κ3) is 32.2. The van der Waals surface area contributed by atoms with Crippen molar-refractivity contribution in [3.8, 4) is 11.5 Å². The number of phosphoric acid groups is 1. The number of carbonyl (C=O) groups excluding carboxylic acids is 13. The summed E-state index contributed by atoms with van der Waals surface area (Å²) < 4.78 is 22.3. The van der Waals surface area contributed by atoms with Crippen LogP contribution >= 0.6 is 42.6 Å². The highest BCUT2D eigenvalue weighted by molar-refractivity contribution is 7.46. The van der Waals surface area contributed by atoms with Crippen LogP contribution in [-0.4, -0.2) is 235 Å². The van der Waals surface area contributed by atoms with Crippen LogP contribution in [0.3, 0.4) is 0 Å². The summed E-state index contributed by atoms with van der Waals surface area (Å²) in [7, 11) is -4.50. The van der Waals surface area contributed by atoms with Gasteiger partial charge in [-0.25, -0.2) is 14.2 Å². The van der Waals surface area contributed by atoms with E-state index in [1.165, 1.54) is 71.4 Å². The summed E-state index contributed by atoms with van der Waals surface area (Å²) in [6.07, 6.45) is 7.25. The van der Waals surface area contributed by atoms with Crippen LogP contribution in [0.2, 0.25) is 5.02 Å². The number of guanidine groups is 1. The molecule has 6 aromatic rings. The monoisotopic (exact) mass is 1950 g/mol. The minimum atomic E-state index is -4.50. The number of halogens is 3. The van der Waals surface area contributed by atoms with Crippen molar-refractivity contribution in [1.82, 2.24) is 68.0 Å². The van der Waals surface area contributed by atoms with Crippen molar-refractivity contribution >= 4 is 136 Å². The fraction of sp³-hybridized carbons (Fsp3) is 0.495. The molecule has 135 heavy (non-hydrogen) atoms. The molecule has 4 aliphatic rings. The Kier molecular flexibility index (Phi) is 40.6. The van der Waals surface area contributed by atoms with Crippen LogP contribution in [0, 0.1) is 23.2 Å². The normalized spacial score (nSPS) is 19.0. The molecule has 0 radical (unpaired) electrons. The summed E-state index contributed by atoms with van der Waals surface area (Å²) in [6, 6.07) is 19.4. The van der Waals surface area contributed by atoms with E-state index in [-0.39, 0.29) is 107 Å². The Bertz CT molecular complexity index is 5190. The zero-order valence-electron chi connectivity index (χ0n) is 76.0. The van der Waals surface area contributed by atoms with E-state index in [4.69, 9.17) is 67.0 Å². The number of likely N-dealkylation sites (tertiary alicyclic amines) is 1. The number of urea groups is 1. The molecule has 3 fully saturated rings. The number of primary amides is 2. The first-order valence-electron chi connectivity index (χ1n) is 45.1. The molecule has 1 saturated heterocycles. The van der Waals surface area contributed by atoms with E-state index in [0.29, 0.717) is 88.5 Å². The van der Waals surface area contributed by atoms with Gasteiger partial charge in [0.25, 0.3) is 0 Å². The van der Waals surface area contributed by atoms with Gasteiger partial charge in [0, 0.05) is 94.5 Å². The number of phosphoric ester groups is 1. The molecule has 14 amide bonds. The van der Waals surface area contributed by atoms with Gasteiger partial charge in [0.2, 0.25) is 65.0 Å². The summed E-state index contributed by atoms with van der Waals surface area (Å²) in [6.45, 7) is 8.06. The second-order valence-corrected chi connectivity index (χ2v) is 37.4. The number of ether oxygens (including phenoxy) is 1. The first-order chi connectivity index (χ1) is 64.2. The average Bonchev–Trinajstić information content (AvgIpc) is 1.61. The molecule has 5 aromatic carbocycles. The zero-order valence-corrected chi connectivity index (χ0v) is 79.2. The number of aliphatic imine (C=N–C) groups is 1. The van der Waals surface area contributed by atoms with Gasteiger partial charge in [0.1, 0.15) is 71.9 Å². The summed E-state index contributed by atoms with van der Waals surface area (Å²) in [5, 5.41) is 49.5. The fourth-order valence-corrected chi connectivity index (χ4v) is 19.2.